The molecule has 0 aromatic heterocycles. The molecule has 2 aromatic rings. The molecule has 2 rings (SSSR count). The molecule has 0 aliphatic rings. The third-order valence-electron chi connectivity index (χ3n) is 3.42. The van der Waals surface area contributed by atoms with Gasteiger partial charge in [-0.25, -0.2) is 0 Å². The average Bonchev–Trinajstić information content (AvgIpc) is 2.56. The second-order valence-electron chi connectivity index (χ2n) is 5.42. The second kappa shape index (κ2) is 7.43. The summed E-state index contributed by atoms with van der Waals surface area (Å²) in [5, 5.41) is 13.7. The molecule has 0 aliphatic heterocycles. The number of hydrogen-bond donors (Lipinski definition) is 2. The maximum absolute atomic E-state index is 12.2. The number of nitrogens with two attached hydrogens (primary N) is 1. The molecule has 8 nitrogen and oxygen atoms in total. The molecule has 2 aromatic carbocycles. The molecule has 0 unspecified atom stereocenters. The van der Waals surface area contributed by atoms with Crippen LogP contribution in [0.2, 0.25) is 0 Å². The molecular weight excluding hydrogens is 326 g/mol. The van der Waals surface area contributed by atoms with E-state index < -0.39 is 22.8 Å². The smallest absolute Gasteiger partial charge is 0.311 e. The van der Waals surface area contributed by atoms with Crippen LogP contribution >= 0.6 is 0 Å². The van der Waals surface area contributed by atoms with E-state index in [1.807, 2.05) is 0 Å². The summed E-state index contributed by atoms with van der Waals surface area (Å²) in [7, 11) is 0. The van der Waals surface area contributed by atoms with Gasteiger partial charge in [0.1, 0.15) is 0 Å². The molecule has 0 saturated carbocycles. The van der Waals surface area contributed by atoms with Crippen molar-refractivity contribution in [2.24, 2.45) is 5.73 Å². The third kappa shape index (κ3) is 4.54. The number of rotatable bonds is 6. The van der Waals surface area contributed by atoms with E-state index in [0.717, 1.165) is 0 Å². The van der Waals surface area contributed by atoms with Crippen LogP contribution in [0.15, 0.2) is 42.5 Å². The highest BCUT2D eigenvalue weighted by atomic mass is 16.6. The average molecular weight is 343 g/mol. The fraction of sp³-hybridized carbons (Fsp3) is 0.176. The van der Waals surface area contributed by atoms with Crippen LogP contribution in [0.25, 0.3) is 0 Å². The number of nitrogens with one attached hydrogen (secondary N) is 1. The van der Waals surface area contributed by atoms with Gasteiger partial charge in [-0.3, -0.25) is 19.7 Å². The summed E-state index contributed by atoms with van der Waals surface area (Å²) in [5.41, 5.74) is 6.42. The molecule has 0 bridgehead atoms. The molecule has 0 heterocycles. The Morgan fingerprint density at radius 2 is 1.84 bits per heavy atom. The highest BCUT2D eigenvalue weighted by Crippen LogP contribution is 2.28. The highest BCUT2D eigenvalue weighted by Gasteiger charge is 2.21. The van der Waals surface area contributed by atoms with E-state index in [-0.39, 0.29) is 11.4 Å². The monoisotopic (exact) mass is 343 g/mol. The van der Waals surface area contributed by atoms with Crippen LogP contribution in [0.1, 0.15) is 22.8 Å². The third-order valence-corrected chi connectivity index (χ3v) is 3.42. The van der Waals surface area contributed by atoms with Crippen molar-refractivity contribution < 1.29 is 19.2 Å². The first-order valence-corrected chi connectivity index (χ1v) is 7.40. The van der Waals surface area contributed by atoms with Crippen molar-refractivity contribution in [3.63, 3.8) is 0 Å². The van der Waals surface area contributed by atoms with Crippen LogP contribution in [0.3, 0.4) is 0 Å². The Morgan fingerprint density at radius 3 is 2.40 bits per heavy atom. The summed E-state index contributed by atoms with van der Waals surface area (Å²) >= 11 is 0. The van der Waals surface area contributed by atoms with Crippen molar-refractivity contribution >= 4 is 23.2 Å². The minimum atomic E-state index is -0.961. The topological polar surface area (TPSA) is 125 Å². The molecule has 2 amide bonds. The van der Waals surface area contributed by atoms with Gasteiger partial charge >= 0.3 is 5.69 Å². The van der Waals surface area contributed by atoms with E-state index in [0.29, 0.717) is 16.8 Å². The van der Waals surface area contributed by atoms with Crippen molar-refractivity contribution in [2.45, 2.75) is 20.0 Å². The zero-order chi connectivity index (χ0) is 18.6. The van der Waals surface area contributed by atoms with Crippen LogP contribution in [0, 0.1) is 17.0 Å². The molecule has 0 fully saturated rings. The van der Waals surface area contributed by atoms with E-state index >= 15 is 0 Å². The van der Waals surface area contributed by atoms with Crippen LogP contribution < -0.4 is 15.8 Å². The summed E-state index contributed by atoms with van der Waals surface area (Å²) in [6.07, 6.45) is -0.961. The molecule has 0 aliphatic carbocycles. The fourth-order valence-electron chi connectivity index (χ4n) is 2.08. The number of anilines is 1. The minimum absolute atomic E-state index is 0.0160. The lowest BCUT2D eigenvalue weighted by atomic mass is 10.2. The Bertz CT molecular complexity index is 818. The minimum Gasteiger partial charge on any atom is -0.474 e. The number of carbonyl (C=O) groups is 2. The molecular formula is C17H17N3O5. The van der Waals surface area contributed by atoms with Gasteiger partial charge in [0.2, 0.25) is 5.91 Å². The molecule has 3 N–H and O–H groups in total. The maximum Gasteiger partial charge on any atom is 0.311 e. The lowest BCUT2D eigenvalue weighted by molar-refractivity contribution is -0.386. The number of primary amides is 1. The van der Waals surface area contributed by atoms with Crippen molar-refractivity contribution in [2.75, 3.05) is 5.32 Å². The Morgan fingerprint density at radius 1 is 1.20 bits per heavy atom. The van der Waals surface area contributed by atoms with Crippen LogP contribution in [-0.2, 0) is 4.79 Å². The normalized spacial score (nSPS) is 11.4. The van der Waals surface area contributed by atoms with Crippen molar-refractivity contribution in [3.05, 3.63) is 63.7 Å². The summed E-state index contributed by atoms with van der Waals surface area (Å²) < 4.78 is 5.43. The Kier molecular flexibility index (Phi) is 5.33. The summed E-state index contributed by atoms with van der Waals surface area (Å²) in [4.78, 5) is 33.7. The number of hydrogen-bond acceptors (Lipinski definition) is 5. The van der Waals surface area contributed by atoms with Gasteiger partial charge in [-0.05, 0) is 49.7 Å². The van der Waals surface area contributed by atoms with E-state index in [2.05, 4.69) is 5.32 Å². The molecule has 25 heavy (non-hydrogen) atoms. The number of nitrogens with zero attached hydrogens (tertiary/aromatic N) is 1. The van der Waals surface area contributed by atoms with Gasteiger partial charge in [0.15, 0.2) is 11.9 Å². The zero-order valence-electron chi connectivity index (χ0n) is 13.7. The zero-order valence-corrected chi connectivity index (χ0v) is 13.7. The van der Waals surface area contributed by atoms with Gasteiger partial charge < -0.3 is 15.8 Å². The Labute approximate surface area is 143 Å². The predicted molar refractivity (Wildman–Crippen MR) is 91.5 cm³/mol. The predicted octanol–water partition coefficient (Wildman–Crippen LogP) is 2.41. The second-order valence-corrected chi connectivity index (χ2v) is 5.42. The first-order valence-electron chi connectivity index (χ1n) is 7.40. The van der Waals surface area contributed by atoms with Crippen molar-refractivity contribution in [1.29, 1.82) is 0 Å². The van der Waals surface area contributed by atoms with Crippen molar-refractivity contribution in [1.82, 2.24) is 0 Å². The molecule has 0 saturated heterocycles. The Balaban J connectivity index is 2.08. The SMILES string of the molecule is Cc1ccc(O[C@H](C)C(=O)Nc2ccc(C(N)=O)cc2)c([N+](=O)[O-])c1. The van der Waals surface area contributed by atoms with Crippen LogP contribution in [0.5, 0.6) is 5.75 Å². The fourth-order valence-corrected chi connectivity index (χ4v) is 2.08. The first-order chi connectivity index (χ1) is 11.8. The maximum atomic E-state index is 12.2. The van der Waals surface area contributed by atoms with Gasteiger partial charge in [-0.2, -0.15) is 0 Å². The number of aryl methyl sites for hydroxylation is 1. The molecule has 8 heteroatoms. The molecule has 0 radical (unpaired) electrons. The number of benzene rings is 2. The standard InChI is InChI=1S/C17H17N3O5/c1-10-3-8-15(14(9-10)20(23)24)25-11(2)17(22)19-13-6-4-12(5-7-13)16(18)21/h3-9,11H,1-2H3,(H2,18,21)(H,19,22)/t11-/m1/s1. The van der Waals surface area contributed by atoms with E-state index in [4.69, 9.17) is 10.5 Å². The number of carbonyl (C=O) groups excluding carboxylic acids is 2. The molecule has 1 atom stereocenters. The van der Waals surface area contributed by atoms with Gasteiger partial charge in [0, 0.05) is 17.3 Å². The highest BCUT2D eigenvalue weighted by molar-refractivity contribution is 5.96. The van der Waals surface area contributed by atoms with E-state index in [1.165, 1.54) is 43.3 Å². The molecule has 130 valence electrons. The summed E-state index contributed by atoms with van der Waals surface area (Å²) in [6, 6.07) is 10.5. The Hall–Kier alpha value is -3.42. The summed E-state index contributed by atoms with van der Waals surface area (Å²) in [5.74, 6) is -1.04. The van der Waals surface area contributed by atoms with Crippen LogP contribution in [-0.4, -0.2) is 22.8 Å². The quantitative estimate of drug-likeness (QED) is 0.615. The lowest BCUT2D eigenvalue weighted by Gasteiger charge is -2.15. The number of ether oxygens (including phenoxy) is 1. The first kappa shape index (κ1) is 17.9. The van der Waals surface area contributed by atoms with E-state index in [1.54, 1.807) is 13.0 Å². The van der Waals surface area contributed by atoms with Gasteiger partial charge in [-0.1, -0.05) is 6.07 Å². The summed E-state index contributed by atoms with van der Waals surface area (Å²) in [6.45, 7) is 3.21. The van der Waals surface area contributed by atoms with Crippen molar-refractivity contribution in [3.8, 4) is 5.75 Å². The van der Waals surface area contributed by atoms with Crippen LogP contribution in [0.4, 0.5) is 11.4 Å². The van der Waals surface area contributed by atoms with Gasteiger partial charge in [-0.15, -0.1) is 0 Å². The van der Waals surface area contributed by atoms with E-state index in [9.17, 15) is 19.7 Å². The molecule has 0 spiro atoms. The lowest BCUT2D eigenvalue weighted by Crippen LogP contribution is -2.30. The number of amides is 2. The van der Waals surface area contributed by atoms with Gasteiger partial charge in [0.05, 0.1) is 4.92 Å². The van der Waals surface area contributed by atoms with Gasteiger partial charge in [0.25, 0.3) is 5.91 Å². The number of nitro groups is 1. The number of nitro benzene ring substituents is 1. The largest absolute Gasteiger partial charge is 0.474 e.